The Morgan fingerprint density at radius 2 is 2.12 bits per heavy atom. The molecular formula is C13H12ClFN2. The highest BCUT2D eigenvalue weighted by Gasteiger charge is 2.05. The maximum atomic E-state index is 13.0. The largest absolute Gasteiger partial charge is 0.316 e. The minimum Gasteiger partial charge on any atom is -0.316 e. The second kappa shape index (κ2) is 5.25. The van der Waals surface area contributed by atoms with Gasteiger partial charge in [-0.25, -0.2) is 4.39 Å². The van der Waals surface area contributed by atoms with Crippen LogP contribution in [0.3, 0.4) is 0 Å². The molecule has 0 aliphatic carbocycles. The van der Waals surface area contributed by atoms with Crippen LogP contribution in [0.25, 0.3) is 11.1 Å². The zero-order valence-electron chi connectivity index (χ0n) is 9.37. The molecule has 2 rings (SSSR count). The van der Waals surface area contributed by atoms with E-state index in [1.807, 2.05) is 13.1 Å². The summed E-state index contributed by atoms with van der Waals surface area (Å²) in [7, 11) is 1.87. The summed E-state index contributed by atoms with van der Waals surface area (Å²) in [5.74, 6) is -0.335. The van der Waals surface area contributed by atoms with Crippen molar-refractivity contribution in [1.82, 2.24) is 10.3 Å². The molecular weight excluding hydrogens is 239 g/mol. The Balaban J connectivity index is 2.42. The van der Waals surface area contributed by atoms with Gasteiger partial charge in [-0.2, -0.15) is 0 Å². The molecule has 1 heterocycles. The first-order valence-corrected chi connectivity index (χ1v) is 5.62. The van der Waals surface area contributed by atoms with Crippen molar-refractivity contribution in [3.8, 4) is 11.1 Å². The van der Waals surface area contributed by atoms with Gasteiger partial charge in [0.15, 0.2) is 0 Å². The first-order chi connectivity index (χ1) is 8.20. The van der Waals surface area contributed by atoms with Crippen LogP contribution in [0.1, 0.15) is 5.56 Å². The van der Waals surface area contributed by atoms with Gasteiger partial charge in [-0.05, 0) is 36.9 Å². The van der Waals surface area contributed by atoms with Crippen LogP contribution in [0.5, 0.6) is 0 Å². The highest BCUT2D eigenvalue weighted by molar-refractivity contribution is 6.33. The van der Waals surface area contributed by atoms with Gasteiger partial charge >= 0.3 is 0 Å². The number of nitrogens with one attached hydrogen (secondary N) is 1. The van der Waals surface area contributed by atoms with E-state index in [2.05, 4.69) is 10.3 Å². The van der Waals surface area contributed by atoms with Gasteiger partial charge in [-0.3, -0.25) is 4.98 Å². The van der Waals surface area contributed by atoms with Gasteiger partial charge in [0.1, 0.15) is 5.82 Å². The van der Waals surface area contributed by atoms with Crippen LogP contribution < -0.4 is 5.32 Å². The van der Waals surface area contributed by atoms with Crippen molar-refractivity contribution in [2.75, 3.05) is 7.05 Å². The van der Waals surface area contributed by atoms with Gasteiger partial charge in [-0.15, -0.1) is 0 Å². The van der Waals surface area contributed by atoms with E-state index in [-0.39, 0.29) is 5.82 Å². The van der Waals surface area contributed by atoms with Gasteiger partial charge in [0.05, 0.1) is 5.02 Å². The maximum absolute atomic E-state index is 13.0. The maximum Gasteiger partial charge on any atom is 0.124 e. The Labute approximate surface area is 104 Å². The topological polar surface area (TPSA) is 24.9 Å². The summed E-state index contributed by atoms with van der Waals surface area (Å²) in [4.78, 5) is 4.15. The average Bonchev–Trinajstić information content (AvgIpc) is 2.29. The molecule has 0 saturated carbocycles. The molecule has 1 aromatic heterocycles. The smallest absolute Gasteiger partial charge is 0.124 e. The normalized spacial score (nSPS) is 10.5. The summed E-state index contributed by atoms with van der Waals surface area (Å²) in [5, 5.41) is 3.45. The van der Waals surface area contributed by atoms with Gasteiger partial charge < -0.3 is 5.32 Å². The highest BCUT2D eigenvalue weighted by atomic mass is 35.5. The molecule has 0 atom stereocenters. The number of benzene rings is 1. The molecule has 0 spiro atoms. The molecule has 2 nitrogen and oxygen atoms in total. The molecule has 0 unspecified atom stereocenters. The Morgan fingerprint density at radius 1 is 1.29 bits per heavy atom. The second-order valence-corrected chi connectivity index (χ2v) is 4.14. The van der Waals surface area contributed by atoms with Crippen LogP contribution >= 0.6 is 11.6 Å². The quantitative estimate of drug-likeness (QED) is 0.905. The second-order valence-electron chi connectivity index (χ2n) is 3.74. The fourth-order valence-electron chi connectivity index (χ4n) is 1.66. The van der Waals surface area contributed by atoms with Crippen molar-refractivity contribution in [2.45, 2.75) is 6.54 Å². The molecule has 17 heavy (non-hydrogen) atoms. The van der Waals surface area contributed by atoms with Gasteiger partial charge in [0.2, 0.25) is 0 Å². The number of halogens is 2. The van der Waals surface area contributed by atoms with E-state index >= 15 is 0 Å². The third-order valence-corrected chi connectivity index (χ3v) is 2.73. The van der Waals surface area contributed by atoms with Crippen LogP contribution in [0.2, 0.25) is 5.02 Å². The van der Waals surface area contributed by atoms with E-state index in [9.17, 15) is 4.39 Å². The van der Waals surface area contributed by atoms with E-state index in [0.29, 0.717) is 5.02 Å². The zero-order chi connectivity index (χ0) is 12.3. The summed E-state index contributed by atoms with van der Waals surface area (Å²) in [6.07, 6.45) is 3.51. The molecule has 0 amide bonds. The number of rotatable bonds is 3. The van der Waals surface area contributed by atoms with Crippen LogP contribution in [-0.2, 0) is 6.54 Å². The van der Waals surface area contributed by atoms with Gasteiger partial charge in [-0.1, -0.05) is 11.6 Å². The number of aromatic nitrogens is 1. The SMILES string of the molecule is CNCc1cncc(-c2ccc(F)cc2Cl)c1. The number of nitrogens with zero attached hydrogens (tertiary/aromatic N) is 1. The fraction of sp³-hybridized carbons (Fsp3) is 0.154. The Hall–Kier alpha value is -1.45. The molecule has 0 radical (unpaired) electrons. The Morgan fingerprint density at radius 3 is 2.82 bits per heavy atom. The molecule has 1 N–H and O–H groups in total. The first-order valence-electron chi connectivity index (χ1n) is 5.24. The third kappa shape index (κ3) is 2.81. The highest BCUT2D eigenvalue weighted by Crippen LogP contribution is 2.28. The van der Waals surface area contributed by atoms with Crippen LogP contribution in [0, 0.1) is 5.82 Å². The monoisotopic (exact) mass is 250 g/mol. The molecule has 1 aromatic carbocycles. The minimum atomic E-state index is -0.335. The zero-order valence-corrected chi connectivity index (χ0v) is 10.1. The van der Waals surface area contributed by atoms with Crippen LogP contribution in [0.4, 0.5) is 4.39 Å². The first kappa shape index (κ1) is 12.0. The van der Waals surface area contributed by atoms with Crippen LogP contribution in [-0.4, -0.2) is 12.0 Å². The number of hydrogen-bond acceptors (Lipinski definition) is 2. The number of hydrogen-bond donors (Lipinski definition) is 1. The summed E-state index contributed by atoms with van der Waals surface area (Å²) in [6, 6.07) is 6.36. The predicted octanol–water partition coefficient (Wildman–Crippen LogP) is 3.26. The average molecular weight is 251 g/mol. The molecule has 0 aliphatic heterocycles. The van der Waals surface area contributed by atoms with E-state index in [1.54, 1.807) is 18.5 Å². The summed E-state index contributed by atoms with van der Waals surface area (Å²) >= 11 is 6.01. The third-order valence-electron chi connectivity index (χ3n) is 2.42. The lowest BCUT2D eigenvalue weighted by Crippen LogP contribution is -2.05. The molecule has 0 bridgehead atoms. The minimum absolute atomic E-state index is 0.335. The molecule has 0 fully saturated rings. The van der Waals surface area contributed by atoms with Crippen molar-refractivity contribution < 1.29 is 4.39 Å². The predicted molar refractivity (Wildman–Crippen MR) is 67.4 cm³/mol. The van der Waals surface area contributed by atoms with Gasteiger partial charge in [0.25, 0.3) is 0 Å². The molecule has 0 aliphatic rings. The summed E-state index contributed by atoms with van der Waals surface area (Å²) < 4.78 is 13.0. The molecule has 4 heteroatoms. The van der Waals surface area contributed by atoms with Crippen molar-refractivity contribution in [3.05, 3.63) is 53.1 Å². The van der Waals surface area contributed by atoms with Crippen molar-refractivity contribution in [3.63, 3.8) is 0 Å². The lowest BCUT2D eigenvalue weighted by molar-refractivity contribution is 0.628. The van der Waals surface area contributed by atoms with Crippen molar-refractivity contribution in [1.29, 1.82) is 0 Å². The molecule has 0 saturated heterocycles. The number of pyridine rings is 1. The van der Waals surface area contributed by atoms with Crippen molar-refractivity contribution in [2.24, 2.45) is 0 Å². The fourth-order valence-corrected chi connectivity index (χ4v) is 1.94. The van der Waals surface area contributed by atoms with E-state index < -0.39 is 0 Å². The van der Waals surface area contributed by atoms with Gasteiger partial charge in [0, 0.05) is 30.1 Å². The summed E-state index contributed by atoms with van der Waals surface area (Å²) in [6.45, 7) is 0.736. The molecule has 88 valence electrons. The standard InChI is InChI=1S/C13H12ClFN2/c1-16-6-9-4-10(8-17-7-9)12-3-2-11(15)5-13(12)14/h2-5,7-8,16H,6H2,1H3. The van der Waals surface area contributed by atoms with E-state index in [1.165, 1.54) is 12.1 Å². The Kier molecular flexibility index (Phi) is 3.71. The summed E-state index contributed by atoms with van der Waals surface area (Å²) in [5.41, 5.74) is 2.74. The van der Waals surface area contributed by atoms with E-state index in [0.717, 1.165) is 23.2 Å². The van der Waals surface area contributed by atoms with Crippen LogP contribution in [0.15, 0.2) is 36.7 Å². The van der Waals surface area contributed by atoms with E-state index in [4.69, 9.17) is 11.6 Å². The van der Waals surface area contributed by atoms with Crippen molar-refractivity contribution >= 4 is 11.6 Å². The Bertz CT molecular complexity index is 529. The molecule has 2 aromatic rings. The lowest BCUT2D eigenvalue weighted by Gasteiger charge is -2.06. The lowest BCUT2D eigenvalue weighted by atomic mass is 10.1.